The summed E-state index contributed by atoms with van der Waals surface area (Å²) in [6.45, 7) is 7.61. The van der Waals surface area contributed by atoms with Gasteiger partial charge in [0.1, 0.15) is 24.1 Å². The molecular formula is C25H33N3O5. The molecule has 0 N–H and O–H groups in total. The predicted octanol–water partition coefficient (Wildman–Crippen LogP) is 4.79. The fourth-order valence-electron chi connectivity index (χ4n) is 3.92. The number of carbonyl (C=O) groups excluding carboxylic acids is 3. The molecule has 1 aliphatic heterocycles. The number of aryl methyl sites for hydroxylation is 2. The molecule has 1 saturated heterocycles. The molecule has 8 heteroatoms. The van der Waals surface area contributed by atoms with E-state index in [1.807, 2.05) is 43.3 Å². The fourth-order valence-corrected chi connectivity index (χ4v) is 3.92. The van der Waals surface area contributed by atoms with E-state index < -0.39 is 29.7 Å². The van der Waals surface area contributed by atoms with Crippen LogP contribution in [0.4, 0.5) is 15.4 Å². The van der Waals surface area contributed by atoms with Crippen LogP contribution in [0.15, 0.2) is 42.6 Å². The molecule has 0 saturated carbocycles. The summed E-state index contributed by atoms with van der Waals surface area (Å²) >= 11 is 0. The Labute approximate surface area is 195 Å². The zero-order chi connectivity index (χ0) is 24.2. The Morgan fingerprint density at radius 2 is 1.79 bits per heavy atom. The van der Waals surface area contributed by atoms with Crippen molar-refractivity contribution in [3.63, 3.8) is 0 Å². The van der Waals surface area contributed by atoms with Crippen LogP contribution in [0.3, 0.4) is 0 Å². The van der Waals surface area contributed by atoms with Crippen molar-refractivity contribution in [1.29, 1.82) is 0 Å². The fraction of sp³-hybridized carbons (Fsp3) is 0.480. The molecule has 2 heterocycles. The Morgan fingerprint density at radius 3 is 2.39 bits per heavy atom. The van der Waals surface area contributed by atoms with Crippen LogP contribution in [0, 0.1) is 6.92 Å². The van der Waals surface area contributed by atoms with Crippen molar-refractivity contribution in [2.24, 2.45) is 7.05 Å². The molecule has 0 radical (unpaired) electrons. The highest BCUT2D eigenvalue weighted by molar-refractivity contribution is 6.14. The summed E-state index contributed by atoms with van der Waals surface area (Å²) in [5, 5.41) is 0. The highest BCUT2D eigenvalue weighted by Gasteiger charge is 2.41. The molecule has 8 nitrogen and oxygen atoms in total. The van der Waals surface area contributed by atoms with Gasteiger partial charge >= 0.3 is 12.2 Å². The normalized spacial score (nSPS) is 16.3. The Bertz CT molecular complexity index is 974. The number of ether oxygens (including phenoxy) is 2. The molecule has 0 spiro atoms. The van der Waals surface area contributed by atoms with Gasteiger partial charge in [-0.2, -0.15) is 4.90 Å². The van der Waals surface area contributed by atoms with Gasteiger partial charge in [0, 0.05) is 19.8 Å². The zero-order valence-corrected chi connectivity index (χ0v) is 20.0. The summed E-state index contributed by atoms with van der Waals surface area (Å²) in [6, 6.07) is 10.3. The van der Waals surface area contributed by atoms with Crippen LogP contribution in [-0.2, 0) is 27.9 Å². The van der Waals surface area contributed by atoms with Crippen molar-refractivity contribution in [2.45, 2.75) is 65.2 Å². The first-order chi connectivity index (χ1) is 15.6. The molecule has 3 amide bonds. The monoisotopic (exact) mass is 455 g/mol. The third-order valence-electron chi connectivity index (χ3n) is 5.47. The first-order valence-corrected chi connectivity index (χ1v) is 11.2. The molecule has 2 aromatic rings. The number of aromatic nitrogens is 1. The predicted molar refractivity (Wildman–Crippen MR) is 125 cm³/mol. The second kappa shape index (κ2) is 10.1. The lowest BCUT2D eigenvalue weighted by Gasteiger charge is -2.37. The van der Waals surface area contributed by atoms with E-state index in [0.29, 0.717) is 18.8 Å². The minimum absolute atomic E-state index is 0.0351. The van der Waals surface area contributed by atoms with Crippen molar-refractivity contribution in [2.75, 3.05) is 11.4 Å². The summed E-state index contributed by atoms with van der Waals surface area (Å²) in [6.07, 6.45) is 2.44. The van der Waals surface area contributed by atoms with Crippen molar-refractivity contribution >= 4 is 23.9 Å². The molecule has 3 rings (SSSR count). The van der Waals surface area contributed by atoms with E-state index in [0.717, 1.165) is 28.9 Å². The summed E-state index contributed by atoms with van der Waals surface area (Å²) in [7, 11) is 1.76. The lowest BCUT2D eigenvalue weighted by Crippen LogP contribution is -2.55. The van der Waals surface area contributed by atoms with Crippen LogP contribution in [0.25, 0.3) is 0 Å². The quantitative estimate of drug-likeness (QED) is 0.662. The van der Waals surface area contributed by atoms with Gasteiger partial charge in [-0.25, -0.2) is 9.59 Å². The number of likely N-dealkylation sites (tertiary alicyclic amines) is 1. The molecule has 1 atom stereocenters. The van der Waals surface area contributed by atoms with Gasteiger partial charge in [0.15, 0.2) is 0 Å². The van der Waals surface area contributed by atoms with Gasteiger partial charge in [-0.15, -0.1) is 0 Å². The third-order valence-corrected chi connectivity index (χ3v) is 5.47. The third kappa shape index (κ3) is 5.94. The minimum atomic E-state index is -0.813. The maximum Gasteiger partial charge on any atom is 0.422 e. The Kier molecular flexibility index (Phi) is 7.46. The molecule has 0 aliphatic carbocycles. The zero-order valence-electron chi connectivity index (χ0n) is 20.0. The number of anilines is 1. The van der Waals surface area contributed by atoms with Crippen molar-refractivity contribution < 1.29 is 23.9 Å². The van der Waals surface area contributed by atoms with E-state index in [9.17, 15) is 14.4 Å². The van der Waals surface area contributed by atoms with E-state index in [4.69, 9.17) is 9.47 Å². The first-order valence-electron chi connectivity index (χ1n) is 11.2. The molecule has 178 valence electrons. The second-order valence-electron chi connectivity index (χ2n) is 9.33. The average Bonchev–Trinajstić information content (AvgIpc) is 3.10. The topological polar surface area (TPSA) is 81.1 Å². The van der Waals surface area contributed by atoms with E-state index >= 15 is 0 Å². The van der Waals surface area contributed by atoms with Crippen molar-refractivity contribution in [3.05, 3.63) is 53.7 Å². The molecule has 33 heavy (non-hydrogen) atoms. The Balaban J connectivity index is 1.89. The SMILES string of the molecule is Cc1ccn(C)c1N(C(=O)OCc1ccccc1)C(=O)[C@@H]1CCCCN1C(=O)OC(C)(C)C. The number of nitrogens with zero attached hydrogens (tertiary/aromatic N) is 3. The van der Waals surface area contributed by atoms with Crippen LogP contribution in [0.1, 0.15) is 51.2 Å². The second-order valence-corrected chi connectivity index (χ2v) is 9.33. The van der Waals surface area contributed by atoms with Gasteiger partial charge in [0.2, 0.25) is 0 Å². The van der Waals surface area contributed by atoms with E-state index in [-0.39, 0.29) is 6.61 Å². The number of rotatable bonds is 4. The molecule has 1 aromatic heterocycles. The molecule has 0 bridgehead atoms. The molecule has 0 unspecified atom stereocenters. The van der Waals surface area contributed by atoms with Crippen LogP contribution >= 0.6 is 0 Å². The number of amides is 3. The summed E-state index contributed by atoms with van der Waals surface area (Å²) in [5.41, 5.74) is 0.877. The molecule has 1 fully saturated rings. The standard InChI is InChI=1S/C25H33N3O5/c1-18-14-16-26(5)21(18)28(24(31)32-17-19-11-7-6-8-12-19)22(29)20-13-9-10-15-27(20)23(30)33-25(2,3)4/h6-8,11-12,14,16,20H,9-10,13,15,17H2,1-5H3/t20-/m0/s1. The maximum atomic E-state index is 13.8. The summed E-state index contributed by atoms with van der Waals surface area (Å²) in [5.74, 6) is -0.0729. The lowest BCUT2D eigenvalue weighted by atomic mass is 10.0. The van der Waals surface area contributed by atoms with Crippen molar-refractivity contribution in [3.8, 4) is 0 Å². The average molecular weight is 456 g/mol. The molecular weight excluding hydrogens is 422 g/mol. The van der Waals surface area contributed by atoms with Gasteiger partial charge in [0.05, 0.1) is 0 Å². The summed E-state index contributed by atoms with van der Waals surface area (Å²) in [4.78, 5) is 42.4. The van der Waals surface area contributed by atoms with E-state index in [1.165, 1.54) is 4.90 Å². The molecule has 1 aliphatic rings. The first kappa shape index (κ1) is 24.4. The van der Waals surface area contributed by atoms with Crippen LogP contribution in [-0.4, -0.2) is 45.7 Å². The Hall–Kier alpha value is -3.29. The number of piperidine rings is 1. The highest BCUT2D eigenvalue weighted by atomic mass is 16.6. The van der Waals surface area contributed by atoms with Gasteiger partial charge in [-0.3, -0.25) is 9.69 Å². The number of imide groups is 1. The van der Waals surface area contributed by atoms with Crippen LogP contribution < -0.4 is 4.90 Å². The van der Waals surface area contributed by atoms with Gasteiger partial charge in [0.25, 0.3) is 5.91 Å². The highest BCUT2D eigenvalue weighted by Crippen LogP contribution is 2.27. The van der Waals surface area contributed by atoms with Gasteiger partial charge in [-0.05, 0) is 64.2 Å². The van der Waals surface area contributed by atoms with E-state index in [1.54, 1.807) is 38.6 Å². The largest absolute Gasteiger partial charge is 0.444 e. The smallest absolute Gasteiger partial charge is 0.422 e. The lowest BCUT2D eigenvalue weighted by molar-refractivity contribution is -0.124. The van der Waals surface area contributed by atoms with E-state index in [2.05, 4.69) is 0 Å². The minimum Gasteiger partial charge on any atom is -0.444 e. The van der Waals surface area contributed by atoms with Gasteiger partial charge < -0.3 is 14.0 Å². The Morgan fingerprint density at radius 1 is 1.09 bits per heavy atom. The number of benzene rings is 1. The number of hydrogen-bond donors (Lipinski definition) is 0. The maximum absolute atomic E-state index is 13.8. The number of carbonyl (C=O) groups is 3. The van der Waals surface area contributed by atoms with Crippen LogP contribution in [0.5, 0.6) is 0 Å². The molecule has 1 aromatic carbocycles. The van der Waals surface area contributed by atoms with Gasteiger partial charge in [-0.1, -0.05) is 30.3 Å². The number of hydrogen-bond acceptors (Lipinski definition) is 5. The van der Waals surface area contributed by atoms with Crippen molar-refractivity contribution in [1.82, 2.24) is 9.47 Å². The van der Waals surface area contributed by atoms with Crippen LogP contribution in [0.2, 0.25) is 0 Å². The summed E-state index contributed by atoms with van der Waals surface area (Å²) < 4.78 is 12.8.